The first-order valence-electron chi connectivity index (χ1n) is 15.5. The van der Waals surface area contributed by atoms with Gasteiger partial charge in [-0.3, -0.25) is 9.47 Å². The lowest BCUT2D eigenvalue weighted by atomic mass is 10.1. The molecular weight excluding hydrogens is 530 g/mol. The molecule has 0 unspecified atom stereocenters. The van der Waals surface area contributed by atoms with Gasteiger partial charge in [0.15, 0.2) is 17.0 Å². The van der Waals surface area contributed by atoms with Gasteiger partial charge in [-0.25, -0.2) is 15.0 Å². The van der Waals surface area contributed by atoms with E-state index in [0.717, 1.165) is 85.4 Å². The van der Waals surface area contributed by atoms with Crippen molar-refractivity contribution in [1.29, 1.82) is 0 Å². The zero-order valence-electron chi connectivity index (χ0n) is 26.2. The molecule has 3 aromatic carbocycles. The van der Waals surface area contributed by atoms with E-state index in [0.29, 0.717) is 6.04 Å². The number of piperazine rings is 1. The fourth-order valence-electron chi connectivity index (χ4n) is 6.31. The monoisotopic (exact) mass is 573 g/mol. The summed E-state index contributed by atoms with van der Waals surface area (Å²) in [5.74, 6) is 2.52. The van der Waals surface area contributed by atoms with Crippen LogP contribution in [-0.4, -0.2) is 70.2 Å². The molecule has 0 radical (unpaired) electrons. The van der Waals surface area contributed by atoms with Crippen molar-refractivity contribution >= 4 is 22.7 Å². The first-order valence-corrected chi connectivity index (χ1v) is 15.5. The van der Waals surface area contributed by atoms with Gasteiger partial charge in [0, 0.05) is 56.2 Å². The smallest absolute Gasteiger partial charge is 0.170 e. The van der Waals surface area contributed by atoms with Gasteiger partial charge in [-0.1, -0.05) is 60.7 Å². The molecule has 1 aliphatic rings. The van der Waals surface area contributed by atoms with Gasteiger partial charge >= 0.3 is 0 Å². The molecule has 0 amide bonds. The maximum Gasteiger partial charge on any atom is 0.170 e. The number of para-hydroxylation sites is 1. The van der Waals surface area contributed by atoms with Crippen molar-refractivity contribution in [1.82, 2.24) is 24.4 Å². The van der Waals surface area contributed by atoms with Crippen LogP contribution in [0.3, 0.4) is 0 Å². The van der Waals surface area contributed by atoms with E-state index in [1.54, 1.807) is 0 Å². The van der Waals surface area contributed by atoms with Crippen LogP contribution >= 0.6 is 0 Å². The Hall–Kier alpha value is -4.23. The first-order chi connectivity index (χ1) is 20.9. The van der Waals surface area contributed by atoms with E-state index in [1.165, 1.54) is 16.8 Å². The molecule has 3 heterocycles. The largest absolute Gasteiger partial charge is 0.368 e. The van der Waals surface area contributed by atoms with Crippen LogP contribution < -0.4 is 9.80 Å². The van der Waals surface area contributed by atoms with Gasteiger partial charge in [0.2, 0.25) is 0 Å². The molecule has 0 saturated carbocycles. The van der Waals surface area contributed by atoms with E-state index >= 15 is 0 Å². The third-order valence-corrected chi connectivity index (χ3v) is 8.88. The highest BCUT2D eigenvalue weighted by atomic mass is 15.3. The second-order valence-electron chi connectivity index (χ2n) is 11.9. The third-order valence-electron chi connectivity index (χ3n) is 8.88. The summed E-state index contributed by atoms with van der Waals surface area (Å²) in [6, 6.07) is 27.9. The SMILES string of the molecule is Cc1nc(N(C)CCCCN2CCN(c3cccc(C)c3C)C[C@@H]2C)c2nc(-c3ccccc3)n(-c3ccccc3)c2n1. The highest BCUT2D eigenvalue weighted by Gasteiger charge is 2.25. The molecule has 0 aliphatic carbocycles. The Labute approximate surface area is 255 Å². The second-order valence-corrected chi connectivity index (χ2v) is 11.9. The summed E-state index contributed by atoms with van der Waals surface area (Å²) in [4.78, 5) is 22.4. The van der Waals surface area contributed by atoms with Gasteiger partial charge in [0.1, 0.15) is 11.6 Å². The summed E-state index contributed by atoms with van der Waals surface area (Å²) in [6.45, 7) is 14.1. The molecule has 222 valence electrons. The number of rotatable bonds is 9. The Morgan fingerprint density at radius 2 is 1.56 bits per heavy atom. The normalized spacial score (nSPS) is 15.7. The lowest BCUT2D eigenvalue weighted by Gasteiger charge is -2.41. The zero-order chi connectivity index (χ0) is 29.9. The molecule has 0 spiro atoms. The van der Waals surface area contributed by atoms with Crippen molar-refractivity contribution in [2.24, 2.45) is 0 Å². The van der Waals surface area contributed by atoms with Crippen molar-refractivity contribution in [3.05, 3.63) is 95.8 Å². The van der Waals surface area contributed by atoms with Crippen molar-refractivity contribution in [3.8, 4) is 17.1 Å². The molecule has 43 heavy (non-hydrogen) atoms. The predicted molar refractivity (Wildman–Crippen MR) is 179 cm³/mol. The number of anilines is 2. The minimum atomic E-state index is 0.536. The highest BCUT2D eigenvalue weighted by Crippen LogP contribution is 2.32. The molecule has 2 aromatic heterocycles. The van der Waals surface area contributed by atoms with E-state index in [1.807, 2.05) is 19.1 Å². The number of hydrogen-bond donors (Lipinski definition) is 0. The molecular formula is C36H43N7. The fraction of sp³-hybridized carbons (Fsp3) is 0.361. The van der Waals surface area contributed by atoms with E-state index < -0.39 is 0 Å². The minimum Gasteiger partial charge on any atom is -0.368 e. The van der Waals surface area contributed by atoms with Gasteiger partial charge in [-0.15, -0.1) is 0 Å². The Morgan fingerprint density at radius 1 is 0.814 bits per heavy atom. The summed E-state index contributed by atoms with van der Waals surface area (Å²) in [5, 5.41) is 0. The average molecular weight is 574 g/mol. The Balaban J connectivity index is 1.15. The second kappa shape index (κ2) is 12.6. The lowest BCUT2D eigenvalue weighted by molar-refractivity contribution is 0.186. The summed E-state index contributed by atoms with van der Waals surface area (Å²) >= 11 is 0. The Bertz CT molecular complexity index is 1680. The molecule has 7 heteroatoms. The Morgan fingerprint density at radius 3 is 2.30 bits per heavy atom. The number of nitrogens with zero attached hydrogens (tertiary/aromatic N) is 7. The number of benzene rings is 3. The third kappa shape index (κ3) is 6.00. The molecule has 7 nitrogen and oxygen atoms in total. The number of aromatic nitrogens is 4. The maximum atomic E-state index is 5.16. The number of fused-ring (bicyclic) bond motifs is 1. The molecule has 5 aromatic rings. The van der Waals surface area contributed by atoms with Crippen LogP contribution in [0.4, 0.5) is 11.5 Å². The molecule has 1 saturated heterocycles. The van der Waals surface area contributed by atoms with E-state index in [4.69, 9.17) is 15.0 Å². The molecule has 0 bridgehead atoms. The predicted octanol–water partition coefficient (Wildman–Crippen LogP) is 6.83. The molecule has 6 rings (SSSR count). The van der Waals surface area contributed by atoms with Crippen molar-refractivity contribution in [2.45, 2.75) is 46.6 Å². The lowest BCUT2D eigenvalue weighted by Crippen LogP contribution is -2.52. The van der Waals surface area contributed by atoms with Crippen LogP contribution in [0.2, 0.25) is 0 Å². The van der Waals surface area contributed by atoms with Gasteiger partial charge < -0.3 is 9.80 Å². The van der Waals surface area contributed by atoms with Gasteiger partial charge in [0.05, 0.1) is 0 Å². The maximum absolute atomic E-state index is 5.16. The minimum absolute atomic E-state index is 0.536. The highest BCUT2D eigenvalue weighted by molar-refractivity contribution is 5.88. The number of imidazole rings is 1. The molecule has 1 aliphatic heterocycles. The quantitative estimate of drug-likeness (QED) is 0.180. The van der Waals surface area contributed by atoms with Crippen LogP contribution in [0.1, 0.15) is 36.7 Å². The molecule has 0 N–H and O–H groups in total. The van der Waals surface area contributed by atoms with Gasteiger partial charge in [-0.2, -0.15) is 0 Å². The zero-order valence-corrected chi connectivity index (χ0v) is 26.2. The summed E-state index contributed by atoms with van der Waals surface area (Å²) in [6.07, 6.45) is 2.25. The number of hydrogen-bond acceptors (Lipinski definition) is 6. The van der Waals surface area contributed by atoms with Crippen molar-refractivity contribution < 1.29 is 0 Å². The van der Waals surface area contributed by atoms with E-state index in [9.17, 15) is 0 Å². The van der Waals surface area contributed by atoms with Gasteiger partial charge in [-0.05, 0) is 76.4 Å². The van der Waals surface area contributed by atoms with Crippen LogP contribution in [0, 0.1) is 20.8 Å². The number of unbranched alkanes of at least 4 members (excludes halogenated alkanes) is 1. The van der Waals surface area contributed by atoms with Crippen molar-refractivity contribution in [3.63, 3.8) is 0 Å². The Kier molecular flexibility index (Phi) is 8.43. The fourth-order valence-corrected chi connectivity index (χ4v) is 6.31. The van der Waals surface area contributed by atoms with Crippen LogP contribution in [-0.2, 0) is 0 Å². The van der Waals surface area contributed by atoms with Crippen LogP contribution in [0.5, 0.6) is 0 Å². The number of aryl methyl sites for hydroxylation is 2. The summed E-state index contributed by atoms with van der Waals surface area (Å²) < 4.78 is 2.16. The first kappa shape index (κ1) is 28.9. The molecule has 1 atom stereocenters. The van der Waals surface area contributed by atoms with Gasteiger partial charge in [0.25, 0.3) is 0 Å². The average Bonchev–Trinajstić information content (AvgIpc) is 3.41. The summed E-state index contributed by atoms with van der Waals surface area (Å²) in [5.41, 5.74) is 7.96. The van der Waals surface area contributed by atoms with E-state index in [-0.39, 0.29) is 0 Å². The van der Waals surface area contributed by atoms with Crippen LogP contribution in [0.15, 0.2) is 78.9 Å². The topological polar surface area (TPSA) is 53.3 Å². The van der Waals surface area contributed by atoms with Crippen LogP contribution in [0.25, 0.3) is 28.2 Å². The molecule has 1 fully saturated rings. The summed E-state index contributed by atoms with van der Waals surface area (Å²) in [7, 11) is 2.14. The van der Waals surface area contributed by atoms with Crippen molar-refractivity contribution in [2.75, 3.05) is 49.6 Å². The standard InChI is InChI=1S/C36H43N7/c1-26-15-14-20-32(28(26)3)42-24-23-41(27(2)25-42)22-13-12-21-40(5)35-33-36(38-29(4)37-35)43(31-18-10-7-11-19-31)34(39-33)30-16-8-6-9-17-30/h6-11,14-20,27H,12-13,21-25H2,1-5H3/t27-/m0/s1. The van der Waals surface area contributed by atoms with E-state index in [2.05, 4.69) is 114 Å².